The van der Waals surface area contributed by atoms with Crippen LogP contribution >= 0.6 is 23.2 Å². The van der Waals surface area contributed by atoms with Crippen LogP contribution in [0.4, 0.5) is 19.3 Å². The highest BCUT2D eigenvalue weighted by molar-refractivity contribution is 7.92. The average molecular weight is 831 g/mol. The summed E-state index contributed by atoms with van der Waals surface area (Å²) in [6, 6.07) is 7.73. The van der Waals surface area contributed by atoms with Gasteiger partial charge in [0, 0.05) is 12.0 Å². The lowest BCUT2D eigenvalue weighted by molar-refractivity contribution is -0.377. The molecule has 1 heterocycles. The van der Waals surface area contributed by atoms with Gasteiger partial charge in [0.2, 0.25) is 10.0 Å². The second-order valence-electron chi connectivity index (χ2n) is 14.2. The molecule has 0 aliphatic heterocycles. The van der Waals surface area contributed by atoms with Gasteiger partial charge in [-0.2, -0.15) is 13.1 Å². The minimum atomic E-state index is -4.23. The van der Waals surface area contributed by atoms with E-state index in [2.05, 4.69) is 9.72 Å². The number of nitrogens with one attached hydrogen (secondary N) is 1. The SMILES string of the molecule is CC(C)(C)OC(=O)N(c1ccc(C(=O)OCC(=O)O[C@@H](Cc2c(Cl)c[nH+]cc2Cl)c2ccc(OC(F)F)c(OCC3CC3)c2)cc1OCC1CC1)S(C)(=O)=O. The molecule has 18 heteroatoms. The van der Waals surface area contributed by atoms with Gasteiger partial charge in [0.05, 0.1) is 25.0 Å². The van der Waals surface area contributed by atoms with E-state index < -0.39 is 53.0 Å². The second-order valence-corrected chi connectivity index (χ2v) is 16.8. The maximum absolute atomic E-state index is 13.3. The Hall–Kier alpha value is -4.41. The molecule has 2 aromatic carbocycles. The van der Waals surface area contributed by atoms with Crippen molar-refractivity contribution in [2.45, 2.75) is 71.2 Å². The molecule has 2 aliphatic carbocycles. The van der Waals surface area contributed by atoms with Gasteiger partial charge in [0.15, 0.2) is 30.5 Å². The smallest absolute Gasteiger partial charge is 0.429 e. The largest absolute Gasteiger partial charge is 0.491 e. The first-order valence-electron chi connectivity index (χ1n) is 17.3. The maximum Gasteiger partial charge on any atom is 0.429 e. The summed E-state index contributed by atoms with van der Waals surface area (Å²) in [5.41, 5.74) is -0.609. The summed E-state index contributed by atoms with van der Waals surface area (Å²) in [6.07, 6.45) is 5.09. The molecule has 3 aromatic rings. The number of sulfonamides is 1. The molecule has 0 unspecified atom stereocenters. The first kappa shape index (κ1) is 41.7. The number of aromatic amines is 1. The predicted molar refractivity (Wildman–Crippen MR) is 195 cm³/mol. The number of carbonyl (C=O) groups is 3. The number of pyridine rings is 1. The fraction of sp³-hybridized carbons (Fsp3) is 0.459. The molecule has 0 radical (unpaired) electrons. The third-order valence-corrected chi connectivity index (χ3v) is 9.87. The van der Waals surface area contributed by atoms with Crippen molar-refractivity contribution < 1.29 is 65.0 Å². The van der Waals surface area contributed by atoms with E-state index in [1.54, 1.807) is 20.8 Å². The first-order valence-corrected chi connectivity index (χ1v) is 19.9. The number of amides is 1. The van der Waals surface area contributed by atoms with Gasteiger partial charge in [-0.15, -0.1) is 0 Å². The normalized spacial score (nSPS) is 14.9. The summed E-state index contributed by atoms with van der Waals surface area (Å²) >= 11 is 12.8. The van der Waals surface area contributed by atoms with Crippen molar-refractivity contribution in [2.24, 2.45) is 11.8 Å². The van der Waals surface area contributed by atoms with Crippen LogP contribution in [0.3, 0.4) is 0 Å². The van der Waals surface area contributed by atoms with Crippen LogP contribution in [0.2, 0.25) is 10.0 Å². The van der Waals surface area contributed by atoms with Gasteiger partial charge >= 0.3 is 24.6 Å². The lowest BCUT2D eigenvalue weighted by Gasteiger charge is -2.27. The van der Waals surface area contributed by atoms with Gasteiger partial charge in [0.1, 0.15) is 33.2 Å². The molecule has 0 spiro atoms. The Labute approximate surface area is 327 Å². The summed E-state index contributed by atoms with van der Waals surface area (Å²) in [4.78, 5) is 42.4. The van der Waals surface area contributed by atoms with Crippen molar-refractivity contribution in [3.05, 3.63) is 75.5 Å². The Bertz CT molecular complexity index is 1980. The van der Waals surface area contributed by atoms with Crippen LogP contribution in [0.15, 0.2) is 48.8 Å². The number of esters is 2. The molecule has 1 aromatic heterocycles. The van der Waals surface area contributed by atoms with E-state index in [-0.39, 0.29) is 70.0 Å². The van der Waals surface area contributed by atoms with Crippen molar-refractivity contribution in [1.82, 2.24) is 0 Å². The zero-order valence-corrected chi connectivity index (χ0v) is 32.8. The van der Waals surface area contributed by atoms with Crippen molar-refractivity contribution in [3.63, 3.8) is 0 Å². The quantitative estimate of drug-likeness (QED) is 0.0988. The Kier molecular flexibility index (Phi) is 13.3. The molecule has 55 heavy (non-hydrogen) atoms. The monoisotopic (exact) mass is 829 g/mol. The van der Waals surface area contributed by atoms with Crippen molar-refractivity contribution in [1.29, 1.82) is 0 Å². The van der Waals surface area contributed by atoms with E-state index in [0.717, 1.165) is 31.9 Å². The molecule has 1 N–H and O–H groups in total. The lowest BCUT2D eigenvalue weighted by Crippen LogP contribution is -2.40. The Morgan fingerprint density at radius 3 is 2.09 bits per heavy atom. The Balaban J connectivity index is 1.36. The molecule has 298 valence electrons. The minimum Gasteiger partial charge on any atom is -0.491 e. The number of ether oxygens (including phenoxy) is 6. The van der Waals surface area contributed by atoms with Gasteiger partial charge < -0.3 is 28.4 Å². The number of alkyl halides is 2. The highest BCUT2D eigenvalue weighted by Crippen LogP contribution is 2.39. The summed E-state index contributed by atoms with van der Waals surface area (Å²) in [5, 5.41) is 0.458. The molecule has 2 fully saturated rings. The zero-order valence-electron chi connectivity index (χ0n) is 30.4. The topological polar surface area (TPSA) is 158 Å². The summed E-state index contributed by atoms with van der Waals surface area (Å²) < 4.78 is 85.2. The highest BCUT2D eigenvalue weighted by atomic mass is 35.5. The van der Waals surface area contributed by atoms with Crippen LogP contribution in [0.25, 0.3) is 0 Å². The maximum atomic E-state index is 13.3. The van der Waals surface area contributed by atoms with Gasteiger partial charge in [-0.05, 0) is 94.2 Å². The fourth-order valence-electron chi connectivity index (χ4n) is 5.14. The van der Waals surface area contributed by atoms with E-state index >= 15 is 0 Å². The third-order valence-electron chi connectivity index (χ3n) is 8.18. The average Bonchev–Trinajstić information content (AvgIpc) is 4.02. The zero-order chi connectivity index (χ0) is 40.1. The molecule has 13 nitrogen and oxygen atoms in total. The molecule has 0 saturated heterocycles. The fourth-order valence-corrected chi connectivity index (χ4v) is 6.49. The second kappa shape index (κ2) is 17.6. The number of benzene rings is 2. The van der Waals surface area contributed by atoms with E-state index in [1.807, 2.05) is 0 Å². The predicted octanol–water partition coefficient (Wildman–Crippen LogP) is 7.37. The summed E-state index contributed by atoms with van der Waals surface area (Å²) in [5.74, 6) is -1.78. The van der Waals surface area contributed by atoms with Gasteiger partial charge in [-0.25, -0.2) is 27.8 Å². The van der Waals surface area contributed by atoms with Gasteiger partial charge in [0.25, 0.3) is 0 Å². The molecule has 1 amide bonds. The number of H-pyrrole nitrogens is 1. The van der Waals surface area contributed by atoms with Crippen molar-refractivity contribution >= 4 is 56.9 Å². The number of anilines is 1. The van der Waals surface area contributed by atoms with Crippen LogP contribution in [0.1, 0.15) is 74.0 Å². The highest BCUT2D eigenvalue weighted by Gasteiger charge is 2.34. The van der Waals surface area contributed by atoms with E-state index in [9.17, 15) is 31.6 Å². The standard InChI is InChI=1S/C37H40Cl2F2N2O11S/c1-37(2,3)54-36(46)43(55(4,47)48)28-11-9-24(14-31(28)49-18-21-5-6-21)34(45)51-20-33(44)52-30(15-25-26(38)16-42-17-27(25)39)23-10-12-29(53-35(40)41)32(13-23)50-19-22-7-8-22/h9-14,16-17,21-22,30,35H,5-8,15,18-20H2,1-4H3/p+1/t30-/m0/s1. The molecule has 2 saturated carbocycles. The molecular formula is C37H41Cl2F2N2O11S+. The summed E-state index contributed by atoms with van der Waals surface area (Å²) in [7, 11) is -4.23. The Morgan fingerprint density at radius 1 is 0.909 bits per heavy atom. The molecule has 5 rings (SSSR count). The minimum absolute atomic E-state index is 0.0139. The van der Waals surface area contributed by atoms with Crippen LogP contribution in [-0.4, -0.2) is 64.7 Å². The van der Waals surface area contributed by atoms with Crippen molar-refractivity contribution in [3.8, 4) is 17.2 Å². The van der Waals surface area contributed by atoms with Gasteiger partial charge in [-0.3, -0.25) is 0 Å². The molecular weight excluding hydrogens is 789 g/mol. The molecule has 2 aliphatic rings. The van der Waals surface area contributed by atoms with E-state index in [1.165, 1.54) is 48.8 Å². The number of aromatic nitrogens is 1. The van der Waals surface area contributed by atoms with Crippen LogP contribution in [0, 0.1) is 11.8 Å². The molecule has 1 atom stereocenters. The van der Waals surface area contributed by atoms with Crippen LogP contribution < -0.4 is 23.5 Å². The molecule has 0 bridgehead atoms. The number of nitrogens with zero attached hydrogens (tertiary/aromatic N) is 1. The van der Waals surface area contributed by atoms with Gasteiger partial charge in [-0.1, -0.05) is 29.3 Å². The van der Waals surface area contributed by atoms with E-state index in [0.29, 0.717) is 15.4 Å². The summed E-state index contributed by atoms with van der Waals surface area (Å²) in [6.45, 7) is 1.22. The number of rotatable bonds is 17. The van der Waals surface area contributed by atoms with Crippen LogP contribution in [0.5, 0.6) is 17.2 Å². The lowest BCUT2D eigenvalue weighted by atomic mass is 10.0. The number of carbonyl (C=O) groups excluding carboxylic acids is 3. The van der Waals surface area contributed by atoms with E-state index in [4.69, 9.17) is 46.9 Å². The Morgan fingerprint density at radius 2 is 1.53 bits per heavy atom. The van der Waals surface area contributed by atoms with Crippen molar-refractivity contribution in [2.75, 3.05) is 30.4 Å². The number of halogens is 4. The number of hydrogen-bond acceptors (Lipinski definition) is 11. The third kappa shape index (κ3) is 12.3. The number of hydrogen-bond donors (Lipinski definition) is 0. The van der Waals surface area contributed by atoms with Crippen LogP contribution in [-0.2, 0) is 35.4 Å². The first-order chi connectivity index (χ1) is 25.9.